The highest BCUT2D eigenvalue weighted by Gasteiger charge is 2.42. The van der Waals surface area contributed by atoms with Gasteiger partial charge in [0.25, 0.3) is 6.71 Å². The fourth-order valence-corrected chi connectivity index (χ4v) is 11.8. The molecule has 0 atom stereocenters. The van der Waals surface area contributed by atoms with E-state index in [1.807, 2.05) is 22.7 Å². The van der Waals surface area contributed by atoms with Gasteiger partial charge in [-0.2, -0.15) is 0 Å². The van der Waals surface area contributed by atoms with Gasteiger partial charge in [0.05, 0.1) is 22.1 Å². The van der Waals surface area contributed by atoms with Crippen molar-refractivity contribution in [3.05, 3.63) is 127 Å². The molecule has 13 rings (SSSR count). The molecular formula is C42H21BN2S2. The van der Waals surface area contributed by atoms with Crippen molar-refractivity contribution in [3.8, 4) is 11.4 Å². The molecule has 0 amide bonds. The van der Waals surface area contributed by atoms with E-state index < -0.39 is 0 Å². The quantitative estimate of drug-likeness (QED) is 0.148. The summed E-state index contributed by atoms with van der Waals surface area (Å²) in [5.41, 5.74) is 12.2. The van der Waals surface area contributed by atoms with Gasteiger partial charge in [0.15, 0.2) is 0 Å². The molecule has 2 nitrogen and oxygen atoms in total. The van der Waals surface area contributed by atoms with Gasteiger partial charge in [0, 0.05) is 73.3 Å². The summed E-state index contributed by atoms with van der Waals surface area (Å²) >= 11 is 3.88. The standard InChI is InChI=1S/C42H21BN2S2/c1-5-14-28-22(10-1)38-36-24-12-3-7-18-32(24)46-34(36)20-26-41(38)44(28)30-16-9-17-31-40(30)43(26)27-21-35-37(25-13-4-8-19-33(25)47-35)39-23-11-2-6-15-29(23)45(31)42(27)39/h1-21H. The van der Waals surface area contributed by atoms with Gasteiger partial charge >= 0.3 is 0 Å². The minimum Gasteiger partial charge on any atom is -0.310 e. The second kappa shape index (κ2) is 7.95. The minimum absolute atomic E-state index is 0.129. The number of nitrogens with zero attached hydrogens (tertiary/aromatic N) is 2. The van der Waals surface area contributed by atoms with Crippen molar-refractivity contribution >= 4 is 130 Å². The summed E-state index contributed by atoms with van der Waals surface area (Å²) in [7, 11) is 0. The van der Waals surface area contributed by atoms with E-state index >= 15 is 0 Å². The van der Waals surface area contributed by atoms with E-state index in [1.54, 1.807) is 0 Å². The Balaban J connectivity index is 1.32. The third-order valence-electron chi connectivity index (χ3n) is 11.1. The van der Waals surface area contributed by atoms with E-state index in [1.165, 1.54) is 112 Å². The number of fused-ring (bicyclic) bond motifs is 18. The van der Waals surface area contributed by atoms with E-state index in [0.29, 0.717) is 0 Å². The van der Waals surface area contributed by atoms with E-state index in [2.05, 4.69) is 137 Å². The van der Waals surface area contributed by atoms with Crippen LogP contribution >= 0.6 is 22.7 Å². The van der Waals surface area contributed by atoms with E-state index in [4.69, 9.17) is 0 Å². The lowest BCUT2D eigenvalue weighted by Crippen LogP contribution is -2.59. The van der Waals surface area contributed by atoms with E-state index in [-0.39, 0.29) is 6.71 Å². The largest absolute Gasteiger partial charge is 0.310 e. The minimum atomic E-state index is 0.129. The molecule has 0 radical (unpaired) electrons. The van der Waals surface area contributed by atoms with Crippen molar-refractivity contribution in [3.63, 3.8) is 0 Å². The first kappa shape index (κ1) is 23.9. The Morgan fingerprint density at radius 2 is 0.851 bits per heavy atom. The molecule has 0 aliphatic carbocycles. The number of hydrogen-bond donors (Lipinski definition) is 0. The van der Waals surface area contributed by atoms with Crippen molar-refractivity contribution in [2.24, 2.45) is 0 Å². The predicted molar refractivity (Wildman–Crippen MR) is 206 cm³/mol. The molecule has 0 spiro atoms. The zero-order chi connectivity index (χ0) is 30.1. The molecular weight excluding hydrogens is 607 g/mol. The zero-order valence-electron chi connectivity index (χ0n) is 24.9. The third kappa shape index (κ3) is 2.61. The highest BCUT2D eigenvalue weighted by Crippen LogP contribution is 2.47. The molecule has 0 bridgehead atoms. The van der Waals surface area contributed by atoms with Gasteiger partial charge in [-0.05, 0) is 64.9 Å². The summed E-state index contributed by atoms with van der Waals surface area (Å²) in [6.45, 7) is 0.129. The van der Waals surface area contributed by atoms with Gasteiger partial charge in [0.2, 0.25) is 0 Å². The van der Waals surface area contributed by atoms with Gasteiger partial charge in [-0.25, -0.2) is 0 Å². The van der Waals surface area contributed by atoms with Gasteiger partial charge in [0.1, 0.15) is 0 Å². The van der Waals surface area contributed by atoms with Crippen LogP contribution in [0.4, 0.5) is 0 Å². The molecule has 0 N–H and O–H groups in total. The number of aromatic nitrogens is 2. The summed E-state index contributed by atoms with van der Waals surface area (Å²) in [5.74, 6) is 0. The van der Waals surface area contributed by atoms with Crippen molar-refractivity contribution < 1.29 is 0 Å². The Bertz CT molecular complexity index is 3050. The lowest BCUT2D eigenvalue weighted by molar-refractivity contribution is 1.14. The van der Waals surface area contributed by atoms with Gasteiger partial charge in [-0.1, -0.05) is 78.9 Å². The average molecular weight is 629 g/mol. The molecule has 0 saturated heterocycles. The van der Waals surface area contributed by atoms with Gasteiger partial charge < -0.3 is 9.13 Å². The van der Waals surface area contributed by atoms with Crippen molar-refractivity contribution in [1.29, 1.82) is 0 Å². The molecule has 2 aliphatic heterocycles. The number of hydrogen-bond acceptors (Lipinski definition) is 2. The first-order valence-electron chi connectivity index (χ1n) is 16.2. The third-order valence-corrected chi connectivity index (χ3v) is 13.3. The molecule has 11 aromatic rings. The lowest BCUT2D eigenvalue weighted by atomic mass is 9.34. The highest BCUT2D eigenvalue weighted by atomic mass is 32.1. The molecule has 2 aliphatic rings. The fourth-order valence-electron chi connectivity index (χ4n) is 9.45. The van der Waals surface area contributed by atoms with Crippen LogP contribution in [0, 0.1) is 0 Å². The summed E-state index contributed by atoms with van der Waals surface area (Å²) in [6, 6.07) is 48.2. The monoisotopic (exact) mass is 628 g/mol. The topological polar surface area (TPSA) is 9.86 Å². The number of benzene rings is 7. The number of para-hydroxylation sites is 2. The molecule has 6 heterocycles. The average Bonchev–Trinajstić information content (AvgIpc) is 3.86. The molecule has 5 heteroatoms. The zero-order valence-corrected chi connectivity index (χ0v) is 26.5. The normalized spacial score (nSPS) is 13.5. The molecule has 214 valence electrons. The Morgan fingerprint density at radius 3 is 1.36 bits per heavy atom. The predicted octanol–water partition coefficient (Wildman–Crippen LogP) is 9.76. The Kier molecular flexibility index (Phi) is 4.04. The summed E-state index contributed by atoms with van der Waals surface area (Å²) in [5, 5.41) is 11.0. The van der Waals surface area contributed by atoms with Crippen molar-refractivity contribution in [1.82, 2.24) is 9.13 Å². The molecule has 0 unspecified atom stereocenters. The van der Waals surface area contributed by atoms with Crippen LogP contribution < -0.4 is 16.4 Å². The molecule has 0 fully saturated rings. The first-order valence-corrected chi connectivity index (χ1v) is 17.9. The Morgan fingerprint density at radius 1 is 0.404 bits per heavy atom. The Labute approximate surface area is 276 Å². The SMILES string of the molecule is c1cc2c3c(c1)-n1c4ccccc4c4c5c(cc(c41)B3c1cc3sc4ccccc4c3c3c4ccccc4n-2c13)sc1ccccc15. The van der Waals surface area contributed by atoms with Crippen molar-refractivity contribution in [2.45, 2.75) is 0 Å². The smallest absolute Gasteiger partial charge is 0.252 e. The van der Waals surface area contributed by atoms with Crippen LogP contribution in [0.1, 0.15) is 0 Å². The van der Waals surface area contributed by atoms with E-state index in [0.717, 1.165) is 0 Å². The second-order valence-electron chi connectivity index (χ2n) is 13.2. The maximum atomic E-state index is 2.59. The van der Waals surface area contributed by atoms with Crippen LogP contribution in [0.25, 0.3) is 95.3 Å². The summed E-state index contributed by atoms with van der Waals surface area (Å²) in [4.78, 5) is 0. The molecule has 47 heavy (non-hydrogen) atoms. The second-order valence-corrected chi connectivity index (χ2v) is 15.3. The molecule has 7 aromatic carbocycles. The number of thiophene rings is 2. The van der Waals surface area contributed by atoms with Crippen LogP contribution in [0.5, 0.6) is 0 Å². The maximum absolute atomic E-state index is 2.59. The first-order chi connectivity index (χ1) is 23.3. The molecule has 4 aromatic heterocycles. The van der Waals surface area contributed by atoms with Gasteiger partial charge in [-0.15, -0.1) is 22.7 Å². The van der Waals surface area contributed by atoms with Crippen molar-refractivity contribution in [2.75, 3.05) is 0 Å². The van der Waals surface area contributed by atoms with Gasteiger partial charge in [-0.3, -0.25) is 0 Å². The van der Waals surface area contributed by atoms with E-state index in [9.17, 15) is 0 Å². The van der Waals surface area contributed by atoms with Crippen LogP contribution in [0.15, 0.2) is 127 Å². The fraction of sp³-hybridized carbons (Fsp3) is 0. The van der Waals surface area contributed by atoms with Crippen LogP contribution in [0.3, 0.4) is 0 Å². The lowest BCUT2D eigenvalue weighted by Gasteiger charge is -2.33. The summed E-state index contributed by atoms with van der Waals surface area (Å²) in [6.07, 6.45) is 0. The maximum Gasteiger partial charge on any atom is 0.252 e. The van der Waals surface area contributed by atoms with Crippen LogP contribution in [0.2, 0.25) is 0 Å². The Hall–Kier alpha value is -5.36. The van der Waals surface area contributed by atoms with Crippen LogP contribution in [-0.4, -0.2) is 15.8 Å². The molecule has 0 saturated carbocycles. The van der Waals surface area contributed by atoms with Crippen LogP contribution in [-0.2, 0) is 0 Å². The number of rotatable bonds is 0. The summed E-state index contributed by atoms with van der Waals surface area (Å²) < 4.78 is 10.6. The highest BCUT2D eigenvalue weighted by molar-refractivity contribution is 7.26.